The second kappa shape index (κ2) is 8.94. The SMILES string of the molecule is Cc1ccc([SiH2]Cc2ccc(CCC3CCC(C)CC3)cc2)c(F)c1F. The average molecular weight is 373 g/mol. The molecule has 0 amide bonds. The van der Waals surface area contributed by atoms with E-state index < -0.39 is 21.2 Å². The average Bonchev–Trinajstić information content (AvgIpc) is 2.66. The molecule has 0 atom stereocenters. The van der Waals surface area contributed by atoms with Gasteiger partial charge in [0.25, 0.3) is 0 Å². The minimum Gasteiger partial charge on any atom is -0.204 e. The van der Waals surface area contributed by atoms with Gasteiger partial charge in [0.15, 0.2) is 11.6 Å². The van der Waals surface area contributed by atoms with Crippen LogP contribution in [0.5, 0.6) is 0 Å². The number of halogens is 2. The fourth-order valence-electron chi connectivity index (χ4n) is 4.02. The zero-order valence-corrected chi connectivity index (χ0v) is 17.4. The maximum Gasteiger partial charge on any atom is 0.161 e. The van der Waals surface area contributed by atoms with Gasteiger partial charge in [0.05, 0.1) is 9.52 Å². The molecule has 140 valence electrons. The van der Waals surface area contributed by atoms with E-state index in [0.29, 0.717) is 10.8 Å². The highest BCUT2D eigenvalue weighted by molar-refractivity contribution is 6.53. The Bertz CT molecular complexity index is 716. The first-order valence-electron chi connectivity index (χ1n) is 10.0. The molecule has 0 bridgehead atoms. The van der Waals surface area contributed by atoms with Crippen LogP contribution in [-0.4, -0.2) is 9.52 Å². The van der Waals surface area contributed by atoms with E-state index in [1.54, 1.807) is 19.1 Å². The van der Waals surface area contributed by atoms with Crippen molar-refractivity contribution in [3.8, 4) is 0 Å². The number of benzene rings is 2. The van der Waals surface area contributed by atoms with Crippen molar-refractivity contribution in [3.63, 3.8) is 0 Å². The summed E-state index contributed by atoms with van der Waals surface area (Å²) in [6.07, 6.45) is 8.03. The van der Waals surface area contributed by atoms with Crippen molar-refractivity contribution in [2.75, 3.05) is 0 Å². The van der Waals surface area contributed by atoms with Crippen LogP contribution in [-0.2, 0) is 12.5 Å². The van der Waals surface area contributed by atoms with Crippen molar-refractivity contribution in [3.05, 3.63) is 64.7 Å². The van der Waals surface area contributed by atoms with Crippen LogP contribution in [0, 0.1) is 30.4 Å². The summed E-state index contributed by atoms with van der Waals surface area (Å²) in [5.41, 5.74) is 3.03. The molecule has 1 aliphatic rings. The Morgan fingerprint density at radius 3 is 2.23 bits per heavy atom. The molecule has 0 heterocycles. The maximum absolute atomic E-state index is 14.0. The van der Waals surface area contributed by atoms with E-state index in [9.17, 15) is 8.78 Å². The highest BCUT2D eigenvalue weighted by atomic mass is 28.2. The molecule has 2 aromatic rings. The van der Waals surface area contributed by atoms with Crippen molar-refractivity contribution in [2.45, 2.75) is 58.4 Å². The van der Waals surface area contributed by atoms with Gasteiger partial charge >= 0.3 is 0 Å². The third kappa shape index (κ3) is 5.03. The van der Waals surface area contributed by atoms with E-state index in [2.05, 4.69) is 31.2 Å². The van der Waals surface area contributed by atoms with Crippen molar-refractivity contribution in [2.24, 2.45) is 11.8 Å². The van der Waals surface area contributed by atoms with E-state index in [4.69, 9.17) is 0 Å². The van der Waals surface area contributed by atoms with Crippen molar-refractivity contribution in [1.29, 1.82) is 0 Å². The summed E-state index contributed by atoms with van der Waals surface area (Å²) in [6.45, 7) is 3.98. The summed E-state index contributed by atoms with van der Waals surface area (Å²) in [5, 5.41) is 0.601. The van der Waals surface area contributed by atoms with Crippen LogP contribution in [0.4, 0.5) is 8.78 Å². The van der Waals surface area contributed by atoms with Crippen LogP contribution in [0.3, 0.4) is 0 Å². The summed E-state index contributed by atoms with van der Waals surface area (Å²) in [4.78, 5) is 0. The molecule has 0 nitrogen and oxygen atoms in total. The normalized spacial score (nSPS) is 20.8. The molecule has 0 aromatic heterocycles. The lowest BCUT2D eigenvalue weighted by Crippen LogP contribution is -2.22. The first kappa shape index (κ1) is 19.3. The highest BCUT2D eigenvalue weighted by Crippen LogP contribution is 2.31. The lowest BCUT2D eigenvalue weighted by Gasteiger charge is -2.26. The zero-order chi connectivity index (χ0) is 18.5. The maximum atomic E-state index is 14.0. The largest absolute Gasteiger partial charge is 0.204 e. The fourth-order valence-corrected chi connectivity index (χ4v) is 5.57. The molecule has 1 aliphatic carbocycles. The molecule has 3 rings (SSSR count). The molecular formula is C23H30F2Si. The lowest BCUT2D eigenvalue weighted by molar-refractivity contribution is 0.278. The van der Waals surface area contributed by atoms with Gasteiger partial charge in [0, 0.05) is 0 Å². The van der Waals surface area contributed by atoms with Crippen LogP contribution < -0.4 is 5.19 Å². The Hall–Kier alpha value is -1.48. The first-order valence-corrected chi connectivity index (χ1v) is 11.7. The van der Waals surface area contributed by atoms with Gasteiger partial charge in [-0.25, -0.2) is 8.78 Å². The fraction of sp³-hybridized carbons (Fsp3) is 0.478. The molecule has 2 aromatic carbocycles. The van der Waals surface area contributed by atoms with E-state index in [1.165, 1.54) is 43.2 Å². The van der Waals surface area contributed by atoms with Crippen molar-refractivity contribution < 1.29 is 8.78 Å². The molecule has 0 unspecified atom stereocenters. The summed E-state index contributed by atoms with van der Waals surface area (Å²) in [7, 11) is -0.836. The van der Waals surface area contributed by atoms with Crippen molar-refractivity contribution >= 4 is 14.7 Å². The predicted octanol–water partition coefficient (Wildman–Crippen LogP) is 5.03. The Kier molecular flexibility index (Phi) is 6.63. The standard InChI is InChI=1S/C23H30F2Si/c1-16-3-6-18(7-4-16)8-9-19-10-12-20(13-11-19)15-26-21-14-5-17(2)22(24)23(21)25/h5,10-14,16,18H,3-4,6-9,15,26H2,1-2H3. The minimum atomic E-state index is -0.836. The molecule has 0 N–H and O–H groups in total. The number of hydrogen-bond acceptors (Lipinski definition) is 0. The molecule has 0 spiro atoms. The monoisotopic (exact) mass is 372 g/mol. The number of hydrogen-bond donors (Lipinski definition) is 0. The third-order valence-corrected chi connectivity index (χ3v) is 7.95. The quantitative estimate of drug-likeness (QED) is 0.624. The van der Waals surface area contributed by atoms with Crippen molar-refractivity contribution in [1.82, 2.24) is 0 Å². The van der Waals surface area contributed by atoms with Gasteiger partial charge in [-0.2, -0.15) is 0 Å². The second-order valence-electron chi connectivity index (χ2n) is 8.15. The van der Waals surface area contributed by atoms with Gasteiger partial charge in [-0.1, -0.05) is 74.6 Å². The van der Waals surface area contributed by atoms with E-state index in [1.807, 2.05) is 0 Å². The number of aryl methyl sites for hydroxylation is 2. The van der Waals surface area contributed by atoms with Gasteiger partial charge in [-0.05, 0) is 54.0 Å². The van der Waals surface area contributed by atoms with Crippen LogP contribution in [0.25, 0.3) is 0 Å². The van der Waals surface area contributed by atoms with Crippen LogP contribution in [0.15, 0.2) is 36.4 Å². The Labute approximate surface area is 158 Å². The smallest absolute Gasteiger partial charge is 0.161 e. The van der Waals surface area contributed by atoms with Gasteiger partial charge in [-0.3, -0.25) is 0 Å². The molecule has 1 saturated carbocycles. The van der Waals surface area contributed by atoms with E-state index in [-0.39, 0.29) is 0 Å². The summed E-state index contributed by atoms with van der Waals surface area (Å²) >= 11 is 0. The molecule has 0 aliphatic heterocycles. The molecule has 26 heavy (non-hydrogen) atoms. The summed E-state index contributed by atoms with van der Waals surface area (Å²) < 4.78 is 27.7. The molecule has 1 fully saturated rings. The van der Waals surface area contributed by atoms with Crippen LogP contribution in [0.1, 0.15) is 55.7 Å². The van der Waals surface area contributed by atoms with E-state index >= 15 is 0 Å². The highest BCUT2D eigenvalue weighted by Gasteiger charge is 2.17. The number of rotatable bonds is 6. The molecule has 0 radical (unpaired) electrons. The summed E-state index contributed by atoms with van der Waals surface area (Å²) in [6, 6.07) is 13.1. The molecule has 3 heteroatoms. The zero-order valence-electron chi connectivity index (χ0n) is 16.0. The second-order valence-corrected chi connectivity index (χ2v) is 9.91. The van der Waals surface area contributed by atoms with Crippen LogP contribution in [0.2, 0.25) is 0 Å². The van der Waals surface area contributed by atoms with Crippen LogP contribution >= 0.6 is 0 Å². The van der Waals surface area contributed by atoms with Gasteiger partial charge in [-0.15, -0.1) is 0 Å². The Morgan fingerprint density at radius 1 is 0.885 bits per heavy atom. The van der Waals surface area contributed by atoms with Gasteiger partial charge in [0.2, 0.25) is 0 Å². The van der Waals surface area contributed by atoms with Gasteiger partial charge < -0.3 is 0 Å². The first-order chi connectivity index (χ1) is 12.5. The predicted molar refractivity (Wildman–Crippen MR) is 109 cm³/mol. The minimum absolute atomic E-state index is 0.386. The Balaban J connectivity index is 1.49. The third-order valence-electron chi connectivity index (χ3n) is 6.04. The lowest BCUT2D eigenvalue weighted by atomic mass is 9.80. The topological polar surface area (TPSA) is 0 Å². The Morgan fingerprint density at radius 2 is 1.54 bits per heavy atom. The van der Waals surface area contributed by atoms with E-state index in [0.717, 1.165) is 24.3 Å². The molecular weight excluding hydrogens is 342 g/mol. The van der Waals surface area contributed by atoms with Gasteiger partial charge in [0.1, 0.15) is 0 Å². The summed E-state index contributed by atoms with van der Waals surface area (Å²) in [5.74, 6) is 0.511. The molecule has 0 saturated heterocycles.